The Hall–Kier alpha value is -0.610. The molecule has 0 aromatic rings. The van der Waals surface area contributed by atoms with Crippen LogP contribution in [0.2, 0.25) is 0 Å². The zero-order valence-corrected chi connectivity index (χ0v) is 5.59. The number of fused-ring (bicyclic) bond motifs is 1. The van der Waals surface area contributed by atoms with Gasteiger partial charge in [-0.05, 0) is 0 Å². The molecule has 2 N–H and O–H groups in total. The van der Waals surface area contributed by atoms with Crippen LogP contribution in [0.4, 0.5) is 0 Å². The minimum Gasteiger partial charge on any atom is -0.365 e. The molecule has 0 bridgehead atoms. The van der Waals surface area contributed by atoms with Crippen molar-refractivity contribution >= 4 is 5.91 Å². The largest absolute Gasteiger partial charge is 0.365 e. The van der Waals surface area contributed by atoms with Gasteiger partial charge >= 0.3 is 0 Å². The second-order valence-corrected chi connectivity index (χ2v) is 2.68. The van der Waals surface area contributed by atoms with Gasteiger partial charge in [-0.2, -0.15) is 0 Å². The molecule has 2 saturated heterocycles. The summed E-state index contributed by atoms with van der Waals surface area (Å²) < 4.78 is 5.24. The second kappa shape index (κ2) is 2.21. The topological polar surface area (TPSA) is 50.4 Å². The first kappa shape index (κ1) is 6.12. The van der Waals surface area contributed by atoms with Crippen LogP contribution in [0.25, 0.3) is 0 Å². The SMILES string of the molecule is O=C1CO[C@@H]2CNC[C@H]2N1. The summed E-state index contributed by atoms with van der Waals surface area (Å²) >= 11 is 0. The maximum Gasteiger partial charge on any atom is 0.246 e. The van der Waals surface area contributed by atoms with E-state index in [2.05, 4.69) is 10.6 Å². The van der Waals surface area contributed by atoms with Crippen LogP contribution in [0, 0.1) is 0 Å². The van der Waals surface area contributed by atoms with E-state index in [1.54, 1.807) is 0 Å². The van der Waals surface area contributed by atoms with Crippen molar-refractivity contribution in [2.45, 2.75) is 12.1 Å². The Balaban J connectivity index is 2.03. The molecule has 1 amide bonds. The molecule has 2 fully saturated rings. The highest BCUT2D eigenvalue weighted by Gasteiger charge is 2.32. The van der Waals surface area contributed by atoms with Crippen molar-refractivity contribution in [3.63, 3.8) is 0 Å². The molecule has 2 rings (SSSR count). The summed E-state index contributed by atoms with van der Waals surface area (Å²) in [4.78, 5) is 10.7. The molecule has 2 heterocycles. The highest BCUT2D eigenvalue weighted by Crippen LogP contribution is 2.08. The lowest BCUT2D eigenvalue weighted by atomic mass is 10.2. The van der Waals surface area contributed by atoms with E-state index < -0.39 is 0 Å². The van der Waals surface area contributed by atoms with Crippen LogP contribution in [-0.2, 0) is 9.53 Å². The van der Waals surface area contributed by atoms with Crippen LogP contribution in [-0.4, -0.2) is 37.7 Å². The third kappa shape index (κ3) is 0.892. The quantitative estimate of drug-likeness (QED) is 0.431. The first-order chi connectivity index (χ1) is 4.86. The number of ether oxygens (including phenoxy) is 1. The van der Waals surface area contributed by atoms with E-state index in [1.807, 2.05) is 0 Å². The summed E-state index contributed by atoms with van der Waals surface area (Å²) in [5, 5.41) is 6.00. The Morgan fingerprint density at radius 1 is 1.50 bits per heavy atom. The van der Waals surface area contributed by atoms with Crippen molar-refractivity contribution in [2.75, 3.05) is 19.7 Å². The van der Waals surface area contributed by atoms with E-state index >= 15 is 0 Å². The van der Waals surface area contributed by atoms with Gasteiger partial charge in [-0.1, -0.05) is 0 Å². The van der Waals surface area contributed by atoms with Crippen molar-refractivity contribution in [2.24, 2.45) is 0 Å². The predicted molar refractivity (Wildman–Crippen MR) is 34.5 cm³/mol. The van der Waals surface area contributed by atoms with Gasteiger partial charge in [0, 0.05) is 13.1 Å². The summed E-state index contributed by atoms with van der Waals surface area (Å²) in [5.41, 5.74) is 0. The average Bonchev–Trinajstić information content (AvgIpc) is 2.33. The lowest BCUT2D eigenvalue weighted by molar-refractivity contribution is -0.134. The monoisotopic (exact) mass is 142 g/mol. The van der Waals surface area contributed by atoms with Gasteiger partial charge in [-0.25, -0.2) is 0 Å². The number of carbonyl (C=O) groups excluding carboxylic acids is 1. The lowest BCUT2D eigenvalue weighted by Crippen LogP contribution is -2.50. The minimum absolute atomic E-state index is 0.00458. The van der Waals surface area contributed by atoms with Crippen LogP contribution in [0.5, 0.6) is 0 Å². The zero-order valence-electron chi connectivity index (χ0n) is 5.59. The third-order valence-corrected chi connectivity index (χ3v) is 1.93. The average molecular weight is 142 g/mol. The molecule has 10 heavy (non-hydrogen) atoms. The maximum absolute atomic E-state index is 10.7. The molecule has 0 spiro atoms. The van der Waals surface area contributed by atoms with Gasteiger partial charge in [0.2, 0.25) is 5.91 Å². The smallest absolute Gasteiger partial charge is 0.246 e. The van der Waals surface area contributed by atoms with Crippen molar-refractivity contribution < 1.29 is 9.53 Å². The Labute approximate surface area is 58.9 Å². The first-order valence-electron chi connectivity index (χ1n) is 3.48. The molecule has 0 aromatic carbocycles. The Kier molecular flexibility index (Phi) is 1.35. The molecule has 2 aliphatic rings. The summed E-state index contributed by atoms with van der Waals surface area (Å²) in [6.07, 6.45) is 0.206. The van der Waals surface area contributed by atoms with Crippen LogP contribution in [0.1, 0.15) is 0 Å². The van der Waals surface area contributed by atoms with Gasteiger partial charge in [0.15, 0.2) is 0 Å². The number of morpholine rings is 1. The highest BCUT2D eigenvalue weighted by molar-refractivity contribution is 5.78. The van der Waals surface area contributed by atoms with Crippen molar-refractivity contribution in [3.8, 4) is 0 Å². The summed E-state index contributed by atoms with van der Waals surface area (Å²) in [6, 6.07) is 0.209. The van der Waals surface area contributed by atoms with E-state index in [9.17, 15) is 4.79 Å². The molecular formula is C6H10N2O2. The van der Waals surface area contributed by atoms with E-state index in [0.717, 1.165) is 13.1 Å². The van der Waals surface area contributed by atoms with Gasteiger partial charge in [0.1, 0.15) is 6.61 Å². The van der Waals surface area contributed by atoms with Crippen LogP contribution in [0.3, 0.4) is 0 Å². The molecule has 56 valence electrons. The second-order valence-electron chi connectivity index (χ2n) is 2.68. The molecule has 2 aliphatic heterocycles. The number of nitrogens with one attached hydrogen (secondary N) is 2. The van der Waals surface area contributed by atoms with Gasteiger partial charge in [0.05, 0.1) is 12.1 Å². The van der Waals surface area contributed by atoms with Gasteiger partial charge in [0.25, 0.3) is 0 Å². The van der Waals surface area contributed by atoms with Crippen molar-refractivity contribution in [1.29, 1.82) is 0 Å². The van der Waals surface area contributed by atoms with E-state index in [0.29, 0.717) is 0 Å². The number of hydrogen-bond acceptors (Lipinski definition) is 3. The van der Waals surface area contributed by atoms with Crippen molar-refractivity contribution in [3.05, 3.63) is 0 Å². The molecule has 0 unspecified atom stereocenters. The van der Waals surface area contributed by atoms with Gasteiger partial charge < -0.3 is 15.4 Å². The number of amides is 1. The van der Waals surface area contributed by atoms with Gasteiger partial charge in [-0.15, -0.1) is 0 Å². The fraction of sp³-hybridized carbons (Fsp3) is 0.833. The predicted octanol–water partition coefficient (Wildman–Crippen LogP) is -1.53. The normalized spacial score (nSPS) is 39.0. The van der Waals surface area contributed by atoms with Crippen LogP contribution in [0.15, 0.2) is 0 Å². The lowest BCUT2D eigenvalue weighted by Gasteiger charge is -2.25. The maximum atomic E-state index is 10.7. The fourth-order valence-corrected chi connectivity index (χ4v) is 1.41. The Bertz CT molecular complexity index is 160. The number of rotatable bonds is 0. The fourth-order valence-electron chi connectivity index (χ4n) is 1.41. The third-order valence-electron chi connectivity index (χ3n) is 1.93. The molecule has 0 radical (unpaired) electrons. The zero-order chi connectivity index (χ0) is 6.97. The Morgan fingerprint density at radius 3 is 3.30 bits per heavy atom. The highest BCUT2D eigenvalue weighted by atomic mass is 16.5. The van der Waals surface area contributed by atoms with Crippen LogP contribution >= 0.6 is 0 Å². The van der Waals surface area contributed by atoms with E-state index in [1.165, 1.54) is 0 Å². The summed E-state index contributed by atoms with van der Waals surface area (Å²) in [6.45, 7) is 1.93. The van der Waals surface area contributed by atoms with Crippen molar-refractivity contribution in [1.82, 2.24) is 10.6 Å². The van der Waals surface area contributed by atoms with Gasteiger partial charge in [-0.3, -0.25) is 4.79 Å². The first-order valence-corrected chi connectivity index (χ1v) is 3.48. The molecule has 0 aliphatic carbocycles. The minimum atomic E-state index is 0.00458. The molecule has 0 saturated carbocycles. The summed E-state index contributed by atoms with van der Waals surface area (Å²) in [7, 11) is 0. The molecule has 4 nitrogen and oxygen atoms in total. The summed E-state index contributed by atoms with van der Waals surface area (Å²) in [5.74, 6) is 0.00458. The molecule has 2 atom stereocenters. The molecule has 0 aromatic heterocycles. The Morgan fingerprint density at radius 2 is 2.40 bits per heavy atom. The van der Waals surface area contributed by atoms with E-state index in [-0.39, 0.29) is 24.7 Å². The van der Waals surface area contributed by atoms with Crippen LogP contribution < -0.4 is 10.6 Å². The standard InChI is InChI=1S/C6H10N2O2/c9-6-3-10-5-2-7-1-4(5)8-6/h4-5,7H,1-3H2,(H,8,9)/t4-,5-/m1/s1. The number of hydrogen-bond donors (Lipinski definition) is 2. The molecular weight excluding hydrogens is 132 g/mol. The van der Waals surface area contributed by atoms with E-state index in [4.69, 9.17) is 4.74 Å². The molecule has 4 heteroatoms. The number of carbonyl (C=O) groups is 1.